The highest BCUT2D eigenvalue weighted by molar-refractivity contribution is 4.85. The van der Waals surface area contributed by atoms with Crippen LogP contribution in [0.1, 0.15) is 46.5 Å². The van der Waals surface area contributed by atoms with Crippen molar-refractivity contribution in [1.82, 2.24) is 0 Å². The summed E-state index contributed by atoms with van der Waals surface area (Å²) >= 11 is 0. The average Bonchev–Trinajstić information content (AvgIpc) is 2.52. The molecule has 0 saturated heterocycles. The third-order valence-electron chi connectivity index (χ3n) is 3.75. The third-order valence-corrected chi connectivity index (χ3v) is 3.75. The van der Waals surface area contributed by atoms with Crippen LogP contribution >= 0.6 is 0 Å². The monoisotopic (exact) mass is 169 g/mol. The lowest BCUT2D eigenvalue weighted by Gasteiger charge is -2.30. The van der Waals surface area contributed by atoms with Crippen LogP contribution in [0.4, 0.5) is 0 Å². The van der Waals surface area contributed by atoms with E-state index >= 15 is 0 Å². The standard InChI is InChI=1S/C11H23N/c1-4-9-5-6-10(7-9)11(2,3)8-12/h9-10H,4-8,12H2,1-3H3. The maximum absolute atomic E-state index is 5.77. The van der Waals surface area contributed by atoms with Gasteiger partial charge >= 0.3 is 0 Å². The molecular formula is C11H23N. The van der Waals surface area contributed by atoms with E-state index in [2.05, 4.69) is 20.8 Å². The first kappa shape index (κ1) is 10.0. The SMILES string of the molecule is CCC1CCC(C(C)(C)CN)C1. The summed E-state index contributed by atoms with van der Waals surface area (Å²) in [5.74, 6) is 1.87. The molecule has 0 aromatic heterocycles. The van der Waals surface area contributed by atoms with Gasteiger partial charge in [-0.2, -0.15) is 0 Å². The first-order chi connectivity index (χ1) is 5.60. The fourth-order valence-corrected chi connectivity index (χ4v) is 2.32. The largest absolute Gasteiger partial charge is 0.330 e. The fourth-order valence-electron chi connectivity index (χ4n) is 2.32. The van der Waals surface area contributed by atoms with Crippen molar-refractivity contribution in [3.8, 4) is 0 Å². The normalized spacial score (nSPS) is 31.0. The van der Waals surface area contributed by atoms with E-state index in [-0.39, 0.29) is 0 Å². The van der Waals surface area contributed by atoms with Gasteiger partial charge < -0.3 is 5.73 Å². The van der Waals surface area contributed by atoms with Crippen LogP contribution in [0.25, 0.3) is 0 Å². The van der Waals surface area contributed by atoms with Crippen molar-refractivity contribution in [3.05, 3.63) is 0 Å². The highest BCUT2D eigenvalue weighted by atomic mass is 14.6. The topological polar surface area (TPSA) is 26.0 Å². The zero-order valence-electron chi connectivity index (χ0n) is 8.77. The molecule has 2 unspecified atom stereocenters. The van der Waals surface area contributed by atoms with Crippen LogP contribution in [0.3, 0.4) is 0 Å². The van der Waals surface area contributed by atoms with Crippen LogP contribution < -0.4 is 5.73 Å². The lowest BCUT2D eigenvalue weighted by molar-refractivity contribution is 0.220. The molecule has 72 valence electrons. The van der Waals surface area contributed by atoms with Crippen LogP contribution in [0.15, 0.2) is 0 Å². The summed E-state index contributed by atoms with van der Waals surface area (Å²) in [4.78, 5) is 0. The average molecular weight is 169 g/mol. The molecule has 0 bridgehead atoms. The highest BCUT2D eigenvalue weighted by Gasteiger charge is 2.34. The van der Waals surface area contributed by atoms with Crippen molar-refractivity contribution in [2.45, 2.75) is 46.5 Å². The summed E-state index contributed by atoms with van der Waals surface area (Å²) in [6.07, 6.45) is 5.62. The minimum atomic E-state index is 0.379. The number of hydrogen-bond donors (Lipinski definition) is 1. The maximum Gasteiger partial charge on any atom is -0.00232 e. The first-order valence-electron chi connectivity index (χ1n) is 5.30. The second-order valence-corrected chi connectivity index (χ2v) is 4.98. The Balaban J connectivity index is 2.46. The Bertz CT molecular complexity index is 140. The van der Waals surface area contributed by atoms with Gasteiger partial charge in [0.25, 0.3) is 0 Å². The Labute approximate surface area is 76.7 Å². The Morgan fingerprint density at radius 2 is 2.00 bits per heavy atom. The molecule has 0 heterocycles. The number of nitrogens with two attached hydrogens (primary N) is 1. The smallest absolute Gasteiger partial charge is 0.00232 e. The molecule has 1 heteroatoms. The molecule has 0 amide bonds. The molecule has 0 aromatic carbocycles. The van der Waals surface area contributed by atoms with Crippen molar-refractivity contribution in [2.24, 2.45) is 23.0 Å². The Hall–Kier alpha value is -0.0400. The van der Waals surface area contributed by atoms with E-state index < -0.39 is 0 Å². The molecule has 0 aliphatic heterocycles. The lowest BCUT2D eigenvalue weighted by Crippen LogP contribution is -2.30. The Morgan fingerprint density at radius 1 is 1.33 bits per heavy atom. The molecule has 1 fully saturated rings. The number of rotatable bonds is 3. The van der Waals surface area contributed by atoms with Gasteiger partial charge in [-0.25, -0.2) is 0 Å². The van der Waals surface area contributed by atoms with Gasteiger partial charge in [0.15, 0.2) is 0 Å². The Kier molecular flexibility index (Phi) is 3.16. The summed E-state index contributed by atoms with van der Waals surface area (Å²) in [7, 11) is 0. The van der Waals surface area contributed by atoms with Gasteiger partial charge in [0.05, 0.1) is 0 Å². The first-order valence-corrected chi connectivity index (χ1v) is 5.30. The third kappa shape index (κ3) is 2.01. The summed E-state index contributed by atoms with van der Waals surface area (Å²) in [5.41, 5.74) is 6.15. The summed E-state index contributed by atoms with van der Waals surface area (Å²) in [5, 5.41) is 0. The zero-order valence-corrected chi connectivity index (χ0v) is 8.77. The fraction of sp³-hybridized carbons (Fsp3) is 1.00. The minimum absolute atomic E-state index is 0.379. The molecule has 1 nitrogen and oxygen atoms in total. The van der Waals surface area contributed by atoms with Crippen molar-refractivity contribution in [3.63, 3.8) is 0 Å². The zero-order chi connectivity index (χ0) is 9.19. The lowest BCUT2D eigenvalue weighted by atomic mass is 9.77. The van der Waals surface area contributed by atoms with E-state index in [0.29, 0.717) is 5.41 Å². The maximum atomic E-state index is 5.77. The highest BCUT2D eigenvalue weighted by Crippen LogP contribution is 2.42. The molecule has 2 N–H and O–H groups in total. The van der Waals surface area contributed by atoms with Gasteiger partial charge in [-0.15, -0.1) is 0 Å². The quantitative estimate of drug-likeness (QED) is 0.690. The van der Waals surface area contributed by atoms with E-state index in [0.717, 1.165) is 18.4 Å². The number of hydrogen-bond acceptors (Lipinski definition) is 1. The predicted molar refractivity (Wildman–Crippen MR) is 54.0 cm³/mol. The second-order valence-electron chi connectivity index (χ2n) is 4.98. The van der Waals surface area contributed by atoms with Crippen LogP contribution in [0.2, 0.25) is 0 Å². The summed E-state index contributed by atoms with van der Waals surface area (Å²) in [6.45, 7) is 7.78. The van der Waals surface area contributed by atoms with E-state index in [9.17, 15) is 0 Å². The van der Waals surface area contributed by atoms with E-state index in [1.165, 1.54) is 25.7 Å². The van der Waals surface area contributed by atoms with Crippen LogP contribution in [0.5, 0.6) is 0 Å². The second kappa shape index (κ2) is 3.78. The molecule has 12 heavy (non-hydrogen) atoms. The van der Waals surface area contributed by atoms with Crippen molar-refractivity contribution in [1.29, 1.82) is 0 Å². The van der Waals surface area contributed by atoms with Crippen LogP contribution in [-0.2, 0) is 0 Å². The van der Waals surface area contributed by atoms with Gasteiger partial charge in [-0.05, 0) is 36.6 Å². The molecule has 1 aliphatic carbocycles. The molecule has 2 atom stereocenters. The van der Waals surface area contributed by atoms with Crippen LogP contribution in [-0.4, -0.2) is 6.54 Å². The van der Waals surface area contributed by atoms with Crippen molar-refractivity contribution < 1.29 is 0 Å². The molecule has 0 aromatic rings. The molecule has 0 radical (unpaired) electrons. The van der Waals surface area contributed by atoms with Gasteiger partial charge in [0, 0.05) is 0 Å². The minimum Gasteiger partial charge on any atom is -0.330 e. The van der Waals surface area contributed by atoms with Gasteiger partial charge in [0.1, 0.15) is 0 Å². The predicted octanol–water partition coefficient (Wildman–Crippen LogP) is 2.80. The van der Waals surface area contributed by atoms with Crippen LogP contribution in [0, 0.1) is 17.3 Å². The molecular weight excluding hydrogens is 146 g/mol. The van der Waals surface area contributed by atoms with E-state index in [1.807, 2.05) is 0 Å². The summed E-state index contributed by atoms with van der Waals surface area (Å²) in [6, 6.07) is 0. The molecule has 1 rings (SSSR count). The van der Waals surface area contributed by atoms with E-state index in [1.54, 1.807) is 0 Å². The van der Waals surface area contributed by atoms with E-state index in [4.69, 9.17) is 5.73 Å². The molecule has 1 saturated carbocycles. The van der Waals surface area contributed by atoms with Crippen molar-refractivity contribution in [2.75, 3.05) is 6.54 Å². The Morgan fingerprint density at radius 3 is 2.42 bits per heavy atom. The molecule has 1 aliphatic rings. The van der Waals surface area contributed by atoms with Gasteiger partial charge in [0.2, 0.25) is 0 Å². The van der Waals surface area contributed by atoms with Crippen molar-refractivity contribution >= 4 is 0 Å². The van der Waals surface area contributed by atoms with Gasteiger partial charge in [-0.1, -0.05) is 33.6 Å². The van der Waals surface area contributed by atoms with Gasteiger partial charge in [-0.3, -0.25) is 0 Å². The summed E-state index contributed by atoms with van der Waals surface area (Å²) < 4.78 is 0. The molecule has 0 spiro atoms.